The summed E-state index contributed by atoms with van der Waals surface area (Å²) >= 11 is 0. The Morgan fingerprint density at radius 3 is 2.70 bits per heavy atom. The number of imide groups is 1. The Balaban J connectivity index is 1.70. The molecule has 0 bridgehead atoms. The number of hydrogen-bond donors (Lipinski definition) is 1. The number of carbonyl (C=O) groups is 4. The van der Waals surface area contributed by atoms with Crippen LogP contribution in [0.5, 0.6) is 0 Å². The van der Waals surface area contributed by atoms with Crippen molar-refractivity contribution in [3.63, 3.8) is 0 Å². The minimum absolute atomic E-state index is 0.161. The number of piperidine rings is 1. The second-order valence-electron chi connectivity index (χ2n) is 6.87. The highest BCUT2D eigenvalue weighted by molar-refractivity contribution is 6.05. The number of aryl methyl sites for hydroxylation is 1. The maximum Gasteiger partial charge on any atom is 0.305 e. The van der Waals surface area contributed by atoms with Crippen molar-refractivity contribution in [3.05, 3.63) is 34.9 Å². The molecule has 8 heteroatoms. The van der Waals surface area contributed by atoms with Gasteiger partial charge >= 0.3 is 5.92 Å². The maximum atomic E-state index is 13.4. The predicted octanol–water partition coefficient (Wildman–Crippen LogP) is 1.99. The highest BCUT2D eigenvalue weighted by Gasteiger charge is 2.39. The predicted molar refractivity (Wildman–Crippen MR) is 91.1 cm³/mol. The Morgan fingerprint density at radius 2 is 2.04 bits per heavy atom. The molecular weight excluding hydrogens is 358 g/mol. The third-order valence-corrected chi connectivity index (χ3v) is 5.08. The number of alkyl halides is 2. The van der Waals surface area contributed by atoms with E-state index in [1.54, 1.807) is 18.2 Å². The highest BCUT2D eigenvalue weighted by Crippen LogP contribution is 2.29. The van der Waals surface area contributed by atoms with Crippen molar-refractivity contribution in [2.75, 3.05) is 0 Å². The monoisotopic (exact) mass is 378 g/mol. The number of carbonyl (C=O) groups excluding carboxylic acids is 4. The number of ketones is 1. The minimum Gasteiger partial charge on any atom is -0.322 e. The SMILES string of the molecule is CCC(F)(F)C(=O)CCc1ccc2c(c1)CN(C1CCC(=O)NC1=O)C2=O. The van der Waals surface area contributed by atoms with Crippen molar-refractivity contribution < 1.29 is 28.0 Å². The van der Waals surface area contributed by atoms with Crippen LogP contribution < -0.4 is 5.32 Å². The van der Waals surface area contributed by atoms with Crippen LogP contribution in [0.2, 0.25) is 0 Å². The molecule has 2 aliphatic heterocycles. The number of nitrogens with zero attached hydrogens (tertiary/aromatic N) is 1. The van der Waals surface area contributed by atoms with Gasteiger partial charge in [-0.2, -0.15) is 8.78 Å². The normalized spacial score (nSPS) is 19.9. The fourth-order valence-corrected chi connectivity index (χ4v) is 3.42. The molecule has 0 spiro atoms. The molecule has 1 N–H and O–H groups in total. The average molecular weight is 378 g/mol. The van der Waals surface area contributed by atoms with Crippen LogP contribution in [-0.2, 0) is 27.3 Å². The first kappa shape index (κ1) is 19.1. The van der Waals surface area contributed by atoms with Gasteiger partial charge in [0.1, 0.15) is 6.04 Å². The van der Waals surface area contributed by atoms with Crippen molar-refractivity contribution in [3.8, 4) is 0 Å². The molecule has 1 unspecified atom stereocenters. The lowest BCUT2D eigenvalue weighted by Gasteiger charge is -2.29. The standard InChI is InChI=1S/C19H20F2N2O4/c1-2-19(20,21)15(24)7-4-11-3-5-13-12(9-11)10-23(18(13)27)14-6-8-16(25)22-17(14)26/h3,5,9,14H,2,4,6-8,10H2,1H3,(H,22,25,26). The second-order valence-corrected chi connectivity index (χ2v) is 6.87. The number of fused-ring (bicyclic) bond motifs is 1. The molecule has 2 aliphatic rings. The summed E-state index contributed by atoms with van der Waals surface area (Å²) in [6.07, 6.45) is -0.183. The molecule has 6 nitrogen and oxygen atoms in total. The van der Waals surface area contributed by atoms with Gasteiger partial charge in [-0.15, -0.1) is 0 Å². The number of Topliss-reactive ketones (excluding diaryl/α,β-unsaturated/α-hetero) is 1. The van der Waals surface area contributed by atoms with Gasteiger partial charge in [0.2, 0.25) is 17.6 Å². The Morgan fingerprint density at radius 1 is 1.30 bits per heavy atom. The van der Waals surface area contributed by atoms with E-state index in [-0.39, 0.29) is 44.0 Å². The maximum absolute atomic E-state index is 13.4. The van der Waals surface area contributed by atoms with Crippen LogP contribution in [0.15, 0.2) is 18.2 Å². The minimum atomic E-state index is -3.31. The number of benzene rings is 1. The van der Waals surface area contributed by atoms with E-state index in [9.17, 15) is 28.0 Å². The molecule has 1 atom stereocenters. The summed E-state index contributed by atoms with van der Waals surface area (Å²) in [6, 6.07) is 4.26. The summed E-state index contributed by atoms with van der Waals surface area (Å²) in [6.45, 7) is 1.48. The summed E-state index contributed by atoms with van der Waals surface area (Å²) in [4.78, 5) is 48.9. The van der Waals surface area contributed by atoms with Gasteiger partial charge in [0.05, 0.1) is 0 Å². The molecule has 3 rings (SSSR count). The van der Waals surface area contributed by atoms with E-state index in [1.165, 1.54) is 11.8 Å². The molecule has 0 saturated carbocycles. The van der Waals surface area contributed by atoms with Crippen LogP contribution in [-0.4, -0.2) is 40.4 Å². The van der Waals surface area contributed by atoms with Crippen LogP contribution in [0, 0.1) is 0 Å². The molecule has 1 fully saturated rings. The fourth-order valence-electron chi connectivity index (χ4n) is 3.42. The summed E-state index contributed by atoms with van der Waals surface area (Å²) in [7, 11) is 0. The van der Waals surface area contributed by atoms with Crippen LogP contribution in [0.25, 0.3) is 0 Å². The molecule has 0 radical (unpaired) electrons. The number of hydrogen-bond acceptors (Lipinski definition) is 4. The number of nitrogens with one attached hydrogen (secondary N) is 1. The molecule has 144 valence electrons. The Labute approximate surface area is 154 Å². The molecule has 1 saturated heterocycles. The third-order valence-electron chi connectivity index (χ3n) is 5.08. The topological polar surface area (TPSA) is 83.6 Å². The van der Waals surface area contributed by atoms with Gasteiger partial charge in [0.25, 0.3) is 5.91 Å². The van der Waals surface area contributed by atoms with Crippen LogP contribution in [0.3, 0.4) is 0 Å². The van der Waals surface area contributed by atoms with E-state index in [0.717, 1.165) is 0 Å². The van der Waals surface area contributed by atoms with E-state index in [0.29, 0.717) is 16.7 Å². The third kappa shape index (κ3) is 3.74. The highest BCUT2D eigenvalue weighted by atomic mass is 19.3. The first-order valence-electron chi connectivity index (χ1n) is 8.90. The fraction of sp³-hybridized carbons (Fsp3) is 0.474. The molecule has 1 aromatic rings. The molecule has 2 heterocycles. The number of rotatable bonds is 6. The van der Waals surface area contributed by atoms with Gasteiger partial charge in [0.15, 0.2) is 0 Å². The number of halogens is 2. The Kier molecular flexibility index (Phi) is 5.08. The lowest BCUT2D eigenvalue weighted by atomic mass is 10.00. The van der Waals surface area contributed by atoms with Crippen molar-refractivity contribution in [1.29, 1.82) is 0 Å². The van der Waals surface area contributed by atoms with Gasteiger partial charge in [-0.3, -0.25) is 24.5 Å². The Hall–Kier alpha value is -2.64. The van der Waals surface area contributed by atoms with Crippen molar-refractivity contribution in [2.45, 2.75) is 57.5 Å². The summed E-state index contributed by atoms with van der Waals surface area (Å²) in [5.41, 5.74) is 1.83. The van der Waals surface area contributed by atoms with Gasteiger partial charge in [-0.05, 0) is 30.0 Å². The first-order valence-corrected chi connectivity index (χ1v) is 8.90. The zero-order chi connectivity index (χ0) is 19.8. The van der Waals surface area contributed by atoms with E-state index < -0.39 is 30.1 Å². The molecule has 0 aliphatic carbocycles. The lowest BCUT2D eigenvalue weighted by Crippen LogP contribution is -2.52. The second kappa shape index (κ2) is 7.17. The van der Waals surface area contributed by atoms with Crippen LogP contribution in [0.1, 0.15) is 54.1 Å². The van der Waals surface area contributed by atoms with Crippen LogP contribution >= 0.6 is 0 Å². The van der Waals surface area contributed by atoms with Crippen molar-refractivity contribution in [2.24, 2.45) is 0 Å². The van der Waals surface area contributed by atoms with E-state index in [1.807, 2.05) is 0 Å². The summed E-state index contributed by atoms with van der Waals surface area (Å²) < 4.78 is 26.8. The van der Waals surface area contributed by atoms with E-state index >= 15 is 0 Å². The Bertz CT molecular complexity index is 822. The van der Waals surface area contributed by atoms with Gasteiger partial charge in [0, 0.05) is 31.4 Å². The van der Waals surface area contributed by atoms with Crippen molar-refractivity contribution >= 4 is 23.5 Å². The largest absolute Gasteiger partial charge is 0.322 e. The van der Waals surface area contributed by atoms with Crippen molar-refractivity contribution in [1.82, 2.24) is 10.2 Å². The molecule has 3 amide bonds. The molecule has 0 aromatic heterocycles. The zero-order valence-electron chi connectivity index (χ0n) is 14.9. The number of amides is 3. The van der Waals surface area contributed by atoms with E-state index in [4.69, 9.17) is 0 Å². The molecule has 27 heavy (non-hydrogen) atoms. The smallest absolute Gasteiger partial charge is 0.305 e. The van der Waals surface area contributed by atoms with Crippen LogP contribution in [0.4, 0.5) is 8.78 Å². The average Bonchev–Trinajstić information content (AvgIpc) is 2.95. The molecular formula is C19H20F2N2O4. The van der Waals surface area contributed by atoms with Gasteiger partial charge < -0.3 is 4.90 Å². The summed E-state index contributed by atoms with van der Waals surface area (Å²) in [5.74, 6) is -5.53. The quantitative estimate of drug-likeness (QED) is 0.768. The zero-order valence-corrected chi connectivity index (χ0v) is 14.9. The molecule has 1 aromatic carbocycles. The van der Waals surface area contributed by atoms with Gasteiger partial charge in [-0.25, -0.2) is 0 Å². The van der Waals surface area contributed by atoms with E-state index in [2.05, 4.69) is 5.32 Å². The summed E-state index contributed by atoms with van der Waals surface area (Å²) in [5, 5.41) is 2.24. The first-order chi connectivity index (χ1) is 12.7. The lowest BCUT2D eigenvalue weighted by molar-refractivity contribution is -0.143. The van der Waals surface area contributed by atoms with Gasteiger partial charge in [-0.1, -0.05) is 19.1 Å².